The van der Waals surface area contributed by atoms with Crippen molar-refractivity contribution < 1.29 is 21.9 Å². The third kappa shape index (κ3) is 5.48. The van der Waals surface area contributed by atoms with Crippen molar-refractivity contribution in [3.63, 3.8) is 0 Å². The summed E-state index contributed by atoms with van der Waals surface area (Å²) in [5, 5.41) is 0. The van der Waals surface area contributed by atoms with E-state index in [1.165, 1.54) is 5.92 Å². The Hall–Kier alpha value is 0.619. The molecule has 1 nitrogen and oxygen atoms in total. The van der Waals surface area contributed by atoms with Gasteiger partial charge < -0.3 is 4.79 Å². The Morgan fingerprint density at radius 2 is 1.53 bits per heavy atom. The van der Waals surface area contributed by atoms with Crippen molar-refractivity contribution >= 4 is 14.9 Å². The zero-order valence-electron chi connectivity index (χ0n) is 8.75. The molecule has 1 aliphatic heterocycles. The van der Waals surface area contributed by atoms with Crippen molar-refractivity contribution in [2.75, 3.05) is 0 Å². The normalized spacial score (nSPS) is 24.7. The first-order valence-electron chi connectivity index (χ1n) is 4.46. The number of carbonyl (C=O) groups excluding carboxylic acids is 1. The van der Waals surface area contributed by atoms with E-state index >= 15 is 0 Å². The first-order chi connectivity index (χ1) is 6.75. The summed E-state index contributed by atoms with van der Waals surface area (Å²) in [6, 6.07) is 0. The van der Waals surface area contributed by atoms with Crippen LogP contribution in [0.5, 0.6) is 0 Å². The Labute approximate surface area is 106 Å². The molecule has 1 saturated heterocycles. The van der Waals surface area contributed by atoms with E-state index in [4.69, 9.17) is 0 Å². The molecule has 0 bridgehead atoms. The van der Waals surface area contributed by atoms with Gasteiger partial charge in [0.15, 0.2) is 0 Å². The molecule has 0 spiro atoms. The van der Waals surface area contributed by atoms with Gasteiger partial charge in [0.2, 0.25) is 0 Å². The summed E-state index contributed by atoms with van der Waals surface area (Å²) in [4.78, 5) is 10.3. The van der Waals surface area contributed by atoms with Crippen LogP contribution in [0.3, 0.4) is 0 Å². The van der Waals surface area contributed by atoms with E-state index in [1.807, 2.05) is 46.0 Å². The molecule has 15 heavy (non-hydrogen) atoms. The molecule has 2 aliphatic rings. The average molecular weight is 260 g/mol. The molecular weight excluding hydrogens is 247 g/mol. The van der Waals surface area contributed by atoms with E-state index in [1.54, 1.807) is 0 Å². The molecule has 1 aliphatic carbocycles. The molecule has 80 valence electrons. The van der Waals surface area contributed by atoms with Gasteiger partial charge in [-0.1, -0.05) is 22.4 Å². The summed E-state index contributed by atoms with van der Waals surface area (Å²) in [6.07, 6.45) is 13.0. The number of aldehydes is 1. The van der Waals surface area contributed by atoms with Crippen LogP contribution in [-0.2, 0) is 21.9 Å². The van der Waals surface area contributed by atoms with E-state index in [0.717, 1.165) is 26.4 Å². The van der Waals surface area contributed by atoms with Crippen LogP contribution in [0.1, 0.15) is 13.8 Å². The van der Waals surface area contributed by atoms with Crippen molar-refractivity contribution in [1.82, 2.24) is 0 Å². The molecule has 0 aromatic heterocycles. The Morgan fingerprint density at radius 3 is 1.73 bits per heavy atom. The smallest absolute Gasteiger partial charge is 0.132 e. The predicted octanol–water partition coefficient (Wildman–Crippen LogP) is 3.05. The second-order valence-corrected chi connectivity index (χ2v) is 4.03. The summed E-state index contributed by atoms with van der Waals surface area (Å²) in [5.74, 6) is 2.38. The van der Waals surface area contributed by atoms with Gasteiger partial charge in [-0.15, -0.1) is 0 Å². The third-order valence-electron chi connectivity index (χ3n) is 2.04. The molecule has 2 fully saturated rings. The van der Waals surface area contributed by atoms with Crippen LogP contribution < -0.4 is 0 Å². The van der Waals surface area contributed by atoms with Crippen molar-refractivity contribution in [1.29, 1.82) is 0 Å². The predicted molar refractivity (Wildman–Crippen MR) is 59.9 cm³/mol. The third-order valence-corrected chi connectivity index (χ3v) is 3.28. The molecule has 0 amide bonds. The van der Waals surface area contributed by atoms with Gasteiger partial charge >= 0.3 is 0 Å². The summed E-state index contributed by atoms with van der Waals surface area (Å²) in [5.41, 5.74) is 0.910. The van der Waals surface area contributed by atoms with Crippen LogP contribution in [-0.4, -0.2) is 6.29 Å². The zero-order chi connectivity index (χ0) is 10.4. The van der Waals surface area contributed by atoms with Gasteiger partial charge in [0.1, 0.15) is 6.29 Å². The number of hydrogen-bond acceptors (Lipinski definition) is 1. The molecule has 0 aromatic rings. The fourth-order valence-corrected chi connectivity index (χ4v) is 1.96. The maximum absolute atomic E-state index is 10.3. The second-order valence-electron chi connectivity index (χ2n) is 3.03. The average Bonchev–Trinajstić information content (AvgIpc) is 2.82. The number of rotatable bonds is 1. The van der Waals surface area contributed by atoms with Crippen molar-refractivity contribution in [3.8, 4) is 0 Å². The summed E-state index contributed by atoms with van der Waals surface area (Å²) in [7, 11) is 1.06. The Balaban J connectivity index is 0.000000280. The van der Waals surface area contributed by atoms with Crippen LogP contribution in [0.4, 0.5) is 0 Å². The standard InChI is InChI=1S/C7H8OP.C5H5.Fe/c1-5-4-9-7(3-8)6(5)2;1-2-4-5-3-1;/h3-4H,1-2H3;1-5H;. The number of hydrogen-bond donors (Lipinski definition) is 0. The minimum Gasteiger partial charge on any atom is -0.302 e. The number of carbonyl (C=O) groups is 1. The van der Waals surface area contributed by atoms with Gasteiger partial charge in [-0.3, -0.25) is 0 Å². The first kappa shape index (κ1) is 15.6. The molecule has 1 heterocycles. The quantitative estimate of drug-likeness (QED) is 0.402. The van der Waals surface area contributed by atoms with Crippen LogP contribution in [0.2, 0.25) is 0 Å². The van der Waals surface area contributed by atoms with E-state index in [0.29, 0.717) is 0 Å². The molecule has 0 atom stereocenters. The van der Waals surface area contributed by atoms with Gasteiger partial charge in [-0.05, 0) is 50.1 Å². The monoisotopic (exact) mass is 260 g/mol. The zero-order valence-corrected chi connectivity index (χ0v) is 10.7. The molecule has 10 radical (unpaired) electrons. The van der Waals surface area contributed by atoms with Crippen LogP contribution in [0.15, 0.2) is 0 Å². The van der Waals surface area contributed by atoms with E-state index in [-0.39, 0.29) is 17.1 Å². The fraction of sp³-hybridized carbons (Fsp3) is 0.167. The topological polar surface area (TPSA) is 17.1 Å². The molecule has 0 N–H and O–H groups in total. The summed E-state index contributed by atoms with van der Waals surface area (Å²) < 4.78 is 0. The summed E-state index contributed by atoms with van der Waals surface area (Å²) in [6.45, 7) is 4.01. The van der Waals surface area contributed by atoms with Crippen molar-refractivity contribution in [3.05, 3.63) is 55.8 Å². The first-order valence-corrected chi connectivity index (χ1v) is 5.43. The Bertz CT molecular complexity index is 163. The van der Waals surface area contributed by atoms with Gasteiger partial charge in [0, 0.05) is 17.1 Å². The minimum atomic E-state index is 0. The SMILES string of the molecule is C[C]1[CH][P][C](C=O)[C]1C.[CH]1[CH][CH][CH][CH]1.[Fe]. The maximum Gasteiger partial charge on any atom is 0.132 e. The van der Waals surface area contributed by atoms with Crippen LogP contribution >= 0.6 is 8.58 Å². The fourth-order valence-electron chi connectivity index (χ4n) is 1.00. The molecule has 3 heteroatoms. The second kappa shape index (κ2) is 8.74. The largest absolute Gasteiger partial charge is 0.302 e. The van der Waals surface area contributed by atoms with Gasteiger partial charge in [0.25, 0.3) is 0 Å². The van der Waals surface area contributed by atoms with Crippen LogP contribution in [0.25, 0.3) is 0 Å². The molecule has 0 unspecified atom stereocenters. The van der Waals surface area contributed by atoms with E-state index in [2.05, 4.69) is 6.16 Å². The maximum atomic E-state index is 10.3. The van der Waals surface area contributed by atoms with E-state index in [9.17, 15) is 4.79 Å². The van der Waals surface area contributed by atoms with Crippen molar-refractivity contribution in [2.45, 2.75) is 13.8 Å². The van der Waals surface area contributed by atoms with Gasteiger partial charge in [-0.2, -0.15) is 0 Å². The van der Waals surface area contributed by atoms with Crippen molar-refractivity contribution in [2.24, 2.45) is 0 Å². The molecule has 2 rings (SSSR count). The van der Waals surface area contributed by atoms with Gasteiger partial charge in [-0.25, -0.2) is 0 Å². The summed E-state index contributed by atoms with van der Waals surface area (Å²) >= 11 is 0. The Morgan fingerprint density at radius 1 is 1.07 bits per heavy atom. The van der Waals surface area contributed by atoms with Gasteiger partial charge in [0.05, 0.1) is 5.66 Å². The molecule has 0 aromatic carbocycles. The minimum absolute atomic E-state index is 0. The Kier molecular flexibility index (Phi) is 9.10. The van der Waals surface area contributed by atoms with E-state index < -0.39 is 0 Å². The molecular formula is C12H13FeOP. The van der Waals surface area contributed by atoms with Crippen LogP contribution in [0, 0.1) is 55.8 Å². The molecule has 1 saturated carbocycles.